The Hall–Kier alpha value is -2.03. The minimum Gasteiger partial charge on any atom is -0.280 e. The summed E-state index contributed by atoms with van der Waals surface area (Å²) >= 11 is 8.26. The number of alkyl halides is 3. The number of amides is 1. The molecule has 2 heterocycles. The first kappa shape index (κ1) is 21.2. The molecule has 1 unspecified atom stereocenters. The lowest BCUT2D eigenvalue weighted by molar-refractivity contribution is -0.137. The highest BCUT2D eigenvalue weighted by Crippen LogP contribution is 2.33. The van der Waals surface area contributed by atoms with Gasteiger partial charge in [-0.15, -0.1) is 0 Å². The van der Waals surface area contributed by atoms with Crippen LogP contribution in [0, 0.1) is 0 Å². The van der Waals surface area contributed by atoms with Gasteiger partial charge in [0.2, 0.25) is 5.91 Å². The van der Waals surface area contributed by atoms with Gasteiger partial charge in [0.1, 0.15) is 12.0 Å². The fraction of sp³-hybridized carbons (Fsp3) is 0.333. The molecular formula is C21H19ClF3N3OS. The number of amidine groups is 1. The van der Waals surface area contributed by atoms with Gasteiger partial charge < -0.3 is 0 Å². The quantitative estimate of drug-likeness (QED) is 0.662. The Morgan fingerprint density at radius 3 is 2.33 bits per heavy atom. The molecule has 0 spiro atoms. The molecule has 0 radical (unpaired) electrons. The molecule has 4 nitrogen and oxygen atoms in total. The molecule has 2 aromatic carbocycles. The van der Waals surface area contributed by atoms with Gasteiger partial charge in [-0.05, 0) is 36.4 Å². The molecular weight excluding hydrogens is 435 g/mol. The SMILES string of the molecule is O=C1CC(N2CCSCC2)N=C(c2ccccc2Cl)N1c1ccc(C(F)(F)F)cc1. The largest absolute Gasteiger partial charge is 0.416 e. The lowest BCUT2D eigenvalue weighted by atomic mass is 10.1. The van der Waals surface area contributed by atoms with Gasteiger partial charge in [0, 0.05) is 30.2 Å². The number of aliphatic imine (C=N–C) groups is 1. The van der Waals surface area contributed by atoms with Gasteiger partial charge in [-0.1, -0.05) is 23.7 Å². The van der Waals surface area contributed by atoms with E-state index in [1.165, 1.54) is 17.0 Å². The van der Waals surface area contributed by atoms with Crippen molar-refractivity contribution < 1.29 is 18.0 Å². The van der Waals surface area contributed by atoms with Gasteiger partial charge in [0.25, 0.3) is 0 Å². The molecule has 2 aliphatic heterocycles. The van der Waals surface area contributed by atoms with Crippen molar-refractivity contribution in [3.63, 3.8) is 0 Å². The zero-order valence-electron chi connectivity index (χ0n) is 15.9. The molecule has 1 atom stereocenters. The second-order valence-electron chi connectivity index (χ2n) is 7.04. The van der Waals surface area contributed by atoms with Crippen LogP contribution in [0.4, 0.5) is 18.9 Å². The second-order valence-corrected chi connectivity index (χ2v) is 8.67. The maximum Gasteiger partial charge on any atom is 0.416 e. The predicted molar refractivity (Wildman–Crippen MR) is 114 cm³/mol. The number of benzene rings is 2. The van der Waals surface area contributed by atoms with Crippen molar-refractivity contribution in [2.75, 3.05) is 29.5 Å². The topological polar surface area (TPSA) is 35.9 Å². The van der Waals surface area contributed by atoms with Crippen LogP contribution in [0.5, 0.6) is 0 Å². The van der Waals surface area contributed by atoms with Crippen LogP contribution in [-0.4, -0.2) is 47.4 Å². The van der Waals surface area contributed by atoms with Crippen LogP contribution >= 0.6 is 23.4 Å². The summed E-state index contributed by atoms with van der Waals surface area (Å²) in [6, 6.07) is 11.6. The van der Waals surface area contributed by atoms with Gasteiger partial charge in [-0.25, -0.2) is 4.99 Å². The summed E-state index contributed by atoms with van der Waals surface area (Å²) in [5.41, 5.74) is 0.137. The normalized spacial score (nSPS) is 20.9. The molecule has 0 N–H and O–H groups in total. The van der Waals surface area contributed by atoms with E-state index in [1.807, 2.05) is 11.8 Å². The molecule has 1 fully saturated rings. The van der Waals surface area contributed by atoms with Crippen LogP contribution < -0.4 is 4.90 Å². The summed E-state index contributed by atoms with van der Waals surface area (Å²) in [6.07, 6.45) is -4.59. The van der Waals surface area contributed by atoms with Crippen molar-refractivity contribution in [1.82, 2.24) is 4.90 Å². The molecule has 9 heteroatoms. The molecule has 2 aliphatic rings. The van der Waals surface area contributed by atoms with Crippen molar-refractivity contribution in [3.8, 4) is 0 Å². The van der Waals surface area contributed by atoms with Crippen molar-refractivity contribution in [3.05, 3.63) is 64.7 Å². The zero-order chi connectivity index (χ0) is 21.3. The Morgan fingerprint density at radius 2 is 1.70 bits per heavy atom. The number of nitrogens with zero attached hydrogens (tertiary/aromatic N) is 3. The van der Waals surface area contributed by atoms with Crippen molar-refractivity contribution in [1.29, 1.82) is 0 Å². The lowest BCUT2D eigenvalue weighted by Gasteiger charge is -2.38. The van der Waals surface area contributed by atoms with Crippen molar-refractivity contribution in [2.45, 2.75) is 18.8 Å². The number of thioether (sulfide) groups is 1. The third-order valence-electron chi connectivity index (χ3n) is 5.12. The molecule has 2 aromatic rings. The van der Waals surface area contributed by atoms with E-state index in [9.17, 15) is 18.0 Å². The molecule has 158 valence electrons. The number of anilines is 1. The highest BCUT2D eigenvalue weighted by molar-refractivity contribution is 7.99. The van der Waals surface area contributed by atoms with Crippen LogP contribution in [0.15, 0.2) is 53.5 Å². The number of halogens is 4. The number of rotatable bonds is 3. The van der Waals surface area contributed by atoms with Gasteiger partial charge >= 0.3 is 6.18 Å². The van der Waals surface area contributed by atoms with E-state index in [2.05, 4.69) is 4.90 Å². The maximum absolute atomic E-state index is 13.2. The molecule has 0 bridgehead atoms. The molecule has 1 saturated heterocycles. The Bertz CT molecular complexity index is 959. The summed E-state index contributed by atoms with van der Waals surface area (Å²) in [6.45, 7) is 1.67. The van der Waals surface area contributed by atoms with Crippen LogP contribution in [0.2, 0.25) is 5.02 Å². The number of hydrogen-bond acceptors (Lipinski definition) is 4. The highest BCUT2D eigenvalue weighted by Gasteiger charge is 2.36. The van der Waals surface area contributed by atoms with Gasteiger partial charge in [-0.3, -0.25) is 14.6 Å². The molecule has 30 heavy (non-hydrogen) atoms. The average molecular weight is 454 g/mol. The van der Waals surface area contributed by atoms with Crippen LogP contribution in [-0.2, 0) is 11.0 Å². The first-order chi connectivity index (χ1) is 14.3. The third kappa shape index (κ3) is 4.36. The highest BCUT2D eigenvalue weighted by atomic mass is 35.5. The van der Waals surface area contributed by atoms with Crippen LogP contribution in [0.3, 0.4) is 0 Å². The Kier molecular flexibility index (Phi) is 6.09. The summed E-state index contributed by atoms with van der Waals surface area (Å²) in [7, 11) is 0. The Balaban J connectivity index is 1.76. The summed E-state index contributed by atoms with van der Waals surface area (Å²) in [5, 5.41) is 0.427. The van der Waals surface area contributed by atoms with Crippen LogP contribution in [0.1, 0.15) is 17.5 Å². The van der Waals surface area contributed by atoms with Crippen LogP contribution in [0.25, 0.3) is 0 Å². The monoisotopic (exact) mass is 453 g/mol. The zero-order valence-corrected chi connectivity index (χ0v) is 17.5. The molecule has 0 aromatic heterocycles. The smallest absolute Gasteiger partial charge is 0.280 e. The average Bonchev–Trinajstić information content (AvgIpc) is 2.74. The van der Waals surface area contributed by atoms with Gasteiger partial charge in [-0.2, -0.15) is 24.9 Å². The standard InChI is InChI=1S/C21H19ClF3N3OS/c22-17-4-2-1-3-16(17)20-26-18(27-9-11-30-12-10-27)13-19(29)28(20)15-7-5-14(6-8-15)21(23,24)25/h1-8,18H,9-13H2. The second kappa shape index (κ2) is 8.61. The predicted octanol–water partition coefficient (Wildman–Crippen LogP) is 4.92. The fourth-order valence-corrected chi connectivity index (χ4v) is 4.75. The number of hydrogen-bond donors (Lipinski definition) is 0. The molecule has 4 rings (SSSR count). The third-order valence-corrected chi connectivity index (χ3v) is 6.40. The van der Waals surface area contributed by atoms with E-state index < -0.39 is 11.7 Å². The summed E-state index contributed by atoms with van der Waals surface area (Å²) in [5.74, 6) is 2.09. The van der Waals surface area contributed by atoms with E-state index in [0.717, 1.165) is 36.7 Å². The first-order valence-electron chi connectivity index (χ1n) is 9.49. The van der Waals surface area contributed by atoms with E-state index in [-0.39, 0.29) is 18.5 Å². The van der Waals surface area contributed by atoms with E-state index in [1.54, 1.807) is 24.3 Å². The van der Waals surface area contributed by atoms with E-state index in [4.69, 9.17) is 16.6 Å². The minimum absolute atomic E-state index is 0.166. The first-order valence-corrected chi connectivity index (χ1v) is 11.0. The maximum atomic E-state index is 13.2. The molecule has 0 aliphatic carbocycles. The van der Waals surface area contributed by atoms with Gasteiger partial charge in [0.15, 0.2) is 0 Å². The Labute approximate surface area is 181 Å². The summed E-state index contributed by atoms with van der Waals surface area (Å²) < 4.78 is 38.9. The van der Waals surface area contributed by atoms with Gasteiger partial charge in [0.05, 0.1) is 22.7 Å². The minimum atomic E-state index is -4.44. The van der Waals surface area contributed by atoms with Crippen molar-refractivity contribution >= 4 is 40.8 Å². The summed E-state index contributed by atoms with van der Waals surface area (Å²) in [4.78, 5) is 21.6. The van der Waals surface area contributed by atoms with E-state index >= 15 is 0 Å². The lowest BCUT2D eigenvalue weighted by Crippen LogP contribution is -2.50. The fourth-order valence-electron chi connectivity index (χ4n) is 3.59. The molecule has 1 amide bonds. The number of carbonyl (C=O) groups is 1. The number of carbonyl (C=O) groups excluding carboxylic acids is 1. The van der Waals surface area contributed by atoms with E-state index in [0.29, 0.717) is 22.1 Å². The van der Waals surface area contributed by atoms with Crippen molar-refractivity contribution in [2.24, 2.45) is 4.99 Å². The molecule has 0 saturated carbocycles. The Morgan fingerprint density at radius 1 is 1.03 bits per heavy atom.